The summed E-state index contributed by atoms with van der Waals surface area (Å²) in [6.45, 7) is 0. The van der Waals surface area contributed by atoms with E-state index in [1.807, 2.05) is 30.3 Å². The third kappa shape index (κ3) is 4.25. The zero-order chi connectivity index (χ0) is 18.5. The lowest BCUT2D eigenvalue weighted by molar-refractivity contribution is -0.117. The van der Waals surface area contributed by atoms with Crippen LogP contribution in [-0.4, -0.2) is 18.0 Å². The first-order valence-corrected chi connectivity index (χ1v) is 8.20. The van der Waals surface area contributed by atoms with Crippen LogP contribution >= 0.6 is 0 Å². The van der Waals surface area contributed by atoms with Gasteiger partial charge in [-0.15, -0.1) is 0 Å². The van der Waals surface area contributed by atoms with Crippen molar-refractivity contribution in [3.8, 4) is 17.0 Å². The lowest BCUT2D eigenvalue weighted by atomic mass is 10.00. The van der Waals surface area contributed by atoms with Gasteiger partial charge in [-0.2, -0.15) is 0 Å². The van der Waals surface area contributed by atoms with Gasteiger partial charge in [-0.3, -0.25) is 4.79 Å². The third-order valence-corrected chi connectivity index (χ3v) is 4.07. The average molecular weight is 350 g/mol. The summed E-state index contributed by atoms with van der Waals surface area (Å²) in [6, 6.07) is 16.0. The number of nitrogens with two attached hydrogens (primary N) is 1. The number of pyridine rings is 1. The van der Waals surface area contributed by atoms with Crippen molar-refractivity contribution in [1.29, 1.82) is 0 Å². The molecule has 3 aromatic rings. The number of hydrogen-bond donors (Lipinski definition) is 1. The number of amides is 1. The molecule has 0 radical (unpaired) electrons. The highest BCUT2D eigenvalue weighted by molar-refractivity contribution is 5.76. The third-order valence-electron chi connectivity index (χ3n) is 4.07. The van der Waals surface area contributed by atoms with Crippen molar-refractivity contribution in [3.05, 3.63) is 83.3 Å². The number of carbonyl (C=O) groups is 1. The Hall–Kier alpha value is -3.21. The molecule has 0 unspecified atom stereocenters. The number of aromatic nitrogens is 1. The number of benzene rings is 2. The van der Waals surface area contributed by atoms with E-state index in [-0.39, 0.29) is 18.1 Å². The molecule has 1 aromatic heterocycles. The second-order valence-corrected chi connectivity index (χ2v) is 6.04. The minimum atomic E-state index is -0.346. The van der Waals surface area contributed by atoms with E-state index in [9.17, 15) is 9.18 Å². The molecule has 4 nitrogen and oxygen atoms in total. The molecule has 132 valence electrons. The van der Waals surface area contributed by atoms with Crippen molar-refractivity contribution in [1.82, 2.24) is 4.98 Å². The van der Waals surface area contributed by atoms with Crippen LogP contribution < -0.4 is 10.5 Å². The Kier molecular flexibility index (Phi) is 5.27. The largest absolute Gasteiger partial charge is 0.481 e. The number of hydrogen-bond acceptors (Lipinski definition) is 3. The van der Waals surface area contributed by atoms with Crippen LogP contribution in [0.5, 0.6) is 5.88 Å². The lowest BCUT2D eigenvalue weighted by Gasteiger charge is -2.10. The number of primary amides is 1. The number of carbonyl (C=O) groups excluding carboxylic acids is 1. The first-order valence-electron chi connectivity index (χ1n) is 8.20. The van der Waals surface area contributed by atoms with Crippen molar-refractivity contribution >= 4 is 5.91 Å². The van der Waals surface area contributed by atoms with Crippen LogP contribution in [0, 0.1) is 5.82 Å². The molecule has 0 saturated heterocycles. The molecule has 0 spiro atoms. The van der Waals surface area contributed by atoms with Crippen LogP contribution in [0.2, 0.25) is 0 Å². The summed E-state index contributed by atoms with van der Waals surface area (Å²) in [5, 5.41) is 0. The van der Waals surface area contributed by atoms with Gasteiger partial charge < -0.3 is 10.5 Å². The predicted molar refractivity (Wildman–Crippen MR) is 98.3 cm³/mol. The molecular formula is C21H19FN2O2. The Morgan fingerprint density at radius 2 is 1.69 bits per heavy atom. The second-order valence-electron chi connectivity index (χ2n) is 6.04. The van der Waals surface area contributed by atoms with Gasteiger partial charge >= 0.3 is 0 Å². The summed E-state index contributed by atoms with van der Waals surface area (Å²) in [6.07, 6.45) is 2.68. The second kappa shape index (κ2) is 7.78. The first kappa shape index (κ1) is 17.6. The van der Waals surface area contributed by atoms with Crippen molar-refractivity contribution in [2.45, 2.75) is 12.8 Å². The van der Waals surface area contributed by atoms with Gasteiger partial charge in [0.15, 0.2) is 0 Å². The summed E-state index contributed by atoms with van der Waals surface area (Å²) in [4.78, 5) is 15.3. The van der Waals surface area contributed by atoms with Gasteiger partial charge in [-0.1, -0.05) is 36.4 Å². The molecule has 0 aliphatic carbocycles. The summed E-state index contributed by atoms with van der Waals surface area (Å²) < 4.78 is 18.5. The SMILES string of the molecule is COc1ncc(Cc2ccc(CC(N)=O)cc2)cc1-c1ccc(F)cc1. The van der Waals surface area contributed by atoms with Crippen molar-refractivity contribution < 1.29 is 13.9 Å². The van der Waals surface area contributed by atoms with Crippen LogP contribution in [-0.2, 0) is 17.6 Å². The molecule has 0 fully saturated rings. The molecule has 1 heterocycles. The number of methoxy groups -OCH3 is 1. The number of halogens is 1. The molecule has 3 rings (SSSR count). The van der Waals surface area contributed by atoms with Gasteiger partial charge in [0.25, 0.3) is 0 Å². The molecule has 0 aliphatic heterocycles. The van der Waals surface area contributed by atoms with Gasteiger partial charge in [0.1, 0.15) is 5.82 Å². The maximum atomic E-state index is 13.2. The van der Waals surface area contributed by atoms with Gasteiger partial charge in [0.2, 0.25) is 11.8 Å². The number of rotatable bonds is 6. The summed E-state index contributed by atoms with van der Waals surface area (Å²) >= 11 is 0. The molecule has 0 atom stereocenters. The van der Waals surface area contributed by atoms with Crippen LogP contribution in [0.3, 0.4) is 0 Å². The maximum Gasteiger partial charge on any atom is 0.221 e. The molecule has 2 N–H and O–H groups in total. The minimum absolute atomic E-state index is 0.235. The van der Waals surface area contributed by atoms with E-state index in [1.165, 1.54) is 12.1 Å². The number of nitrogens with zero attached hydrogens (tertiary/aromatic N) is 1. The van der Waals surface area contributed by atoms with Crippen molar-refractivity contribution in [3.63, 3.8) is 0 Å². The normalized spacial score (nSPS) is 10.5. The zero-order valence-electron chi connectivity index (χ0n) is 14.4. The van der Waals surface area contributed by atoms with Crippen LogP contribution in [0.1, 0.15) is 16.7 Å². The van der Waals surface area contributed by atoms with E-state index in [2.05, 4.69) is 4.98 Å². The lowest BCUT2D eigenvalue weighted by Crippen LogP contribution is -2.13. The van der Waals surface area contributed by atoms with E-state index in [1.54, 1.807) is 25.4 Å². The molecular weight excluding hydrogens is 331 g/mol. The highest BCUT2D eigenvalue weighted by Crippen LogP contribution is 2.29. The van der Waals surface area contributed by atoms with Gasteiger partial charge in [-0.05, 0) is 46.9 Å². The van der Waals surface area contributed by atoms with E-state index < -0.39 is 0 Å². The van der Waals surface area contributed by atoms with E-state index >= 15 is 0 Å². The average Bonchev–Trinajstić information content (AvgIpc) is 2.63. The van der Waals surface area contributed by atoms with E-state index in [4.69, 9.17) is 10.5 Å². The number of ether oxygens (including phenoxy) is 1. The van der Waals surface area contributed by atoms with Crippen molar-refractivity contribution in [2.75, 3.05) is 7.11 Å². The molecule has 2 aromatic carbocycles. The Labute approximate surface area is 151 Å². The Morgan fingerprint density at radius 1 is 1.04 bits per heavy atom. The fraction of sp³-hybridized carbons (Fsp3) is 0.143. The van der Waals surface area contributed by atoms with Crippen LogP contribution in [0.15, 0.2) is 60.8 Å². The first-order chi connectivity index (χ1) is 12.5. The Morgan fingerprint density at radius 3 is 2.31 bits per heavy atom. The van der Waals surface area contributed by atoms with Crippen LogP contribution in [0.4, 0.5) is 4.39 Å². The summed E-state index contributed by atoms with van der Waals surface area (Å²) in [5.74, 6) is -0.133. The van der Waals surface area contributed by atoms with Gasteiger partial charge in [-0.25, -0.2) is 9.37 Å². The highest BCUT2D eigenvalue weighted by Gasteiger charge is 2.10. The topological polar surface area (TPSA) is 65.2 Å². The molecule has 1 amide bonds. The van der Waals surface area contributed by atoms with Gasteiger partial charge in [0, 0.05) is 11.8 Å². The predicted octanol–water partition coefficient (Wildman–Crippen LogP) is 3.51. The van der Waals surface area contributed by atoms with Crippen molar-refractivity contribution in [2.24, 2.45) is 5.73 Å². The maximum absolute atomic E-state index is 13.2. The standard InChI is InChI=1S/C21H19FN2O2/c1-26-21-19(17-6-8-18(22)9-7-17)11-16(13-24-21)10-14-2-4-15(5-3-14)12-20(23)25/h2-9,11,13H,10,12H2,1H3,(H2,23,25). The fourth-order valence-corrected chi connectivity index (χ4v) is 2.80. The summed E-state index contributed by atoms with van der Waals surface area (Å²) in [5.41, 5.74) is 9.86. The monoisotopic (exact) mass is 350 g/mol. The Bertz CT molecular complexity index is 906. The fourth-order valence-electron chi connectivity index (χ4n) is 2.80. The highest BCUT2D eigenvalue weighted by atomic mass is 19.1. The van der Waals surface area contributed by atoms with E-state index in [0.717, 1.165) is 27.8 Å². The quantitative estimate of drug-likeness (QED) is 0.740. The molecule has 0 bridgehead atoms. The van der Waals surface area contributed by atoms with E-state index in [0.29, 0.717) is 12.3 Å². The zero-order valence-corrected chi connectivity index (χ0v) is 14.4. The molecule has 0 saturated carbocycles. The smallest absolute Gasteiger partial charge is 0.221 e. The Balaban J connectivity index is 1.85. The summed E-state index contributed by atoms with van der Waals surface area (Å²) in [7, 11) is 1.56. The van der Waals surface area contributed by atoms with Gasteiger partial charge in [0.05, 0.1) is 13.5 Å². The molecule has 5 heteroatoms. The molecule has 0 aliphatic rings. The molecule has 26 heavy (non-hydrogen) atoms. The van der Waals surface area contributed by atoms with Crippen LogP contribution in [0.25, 0.3) is 11.1 Å². The minimum Gasteiger partial charge on any atom is -0.481 e.